The lowest BCUT2D eigenvalue weighted by Crippen LogP contribution is -2.46. The molecular formula is C20H28ClN3O2S. The minimum Gasteiger partial charge on any atom is -0.465 e. The Morgan fingerprint density at radius 2 is 2.30 bits per heavy atom. The van der Waals surface area contributed by atoms with E-state index in [0.29, 0.717) is 42.8 Å². The predicted octanol–water partition coefficient (Wildman–Crippen LogP) is 4.94. The molecule has 27 heavy (non-hydrogen) atoms. The van der Waals surface area contributed by atoms with Crippen LogP contribution in [0.3, 0.4) is 0 Å². The summed E-state index contributed by atoms with van der Waals surface area (Å²) < 4.78 is 5.44. The van der Waals surface area contributed by atoms with Gasteiger partial charge < -0.3 is 9.64 Å². The number of hydrogen-bond acceptors (Lipinski definition) is 6. The van der Waals surface area contributed by atoms with Crippen molar-refractivity contribution in [3.05, 3.63) is 17.3 Å². The van der Waals surface area contributed by atoms with Crippen molar-refractivity contribution in [1.29, 1.82) is 5.26 Å². The van der Waals surface area contributed by atoms with E-state index in [1.807, 2.05) is 11.0 Å². The minimum atomic E-state index is -0.151. The third kappa shape index (κ3) is 6.58. The van der Waals surface area contributed by atoms with E-state index in [-0.39, 0.29) is 11.9 Å². The summed E-state index contributed by atoms with van der Waals surface area (Å²) in [5.41, 5.74) is 0. The summed E-state index contributed by atoms with van der Waals surface area (Å²) in [6.07, 6.45) is 6.60. The first kappa shape index (κ1) is 21.8. The maximum Gasteiger partial charge on any atom is 0.306 e. The second kappa shape index (κ2) is 11.4. The van der Waals surface area contributed by atoms with Crippen molar-refractivity contribution in [3.63, 3.8) is 0 Å². The number of thioether (sulfide) groups is 1. The Morgan fingerprint density at radius 1 is 1.52 bits per heavy atom. The van der Waals surface area contributed by atoms with Gasteiger partial charge in [0.25, 0.3) is 0 Å². The van der Waals surface area contributed by atoms with Crippen molar-refractivity contribution >= 4 is 35.1 Å². The third-order valence-corrected chi connectivity index (χ3v) is 6.33. The van der Waals surface area contributed by atoms with E-state index in [0.717, 1.165) is 23.6 Å². The van der Waals surface area contributed by atoms with Crippen LogP contribution < -0.4 is 4.90 Å². The van der Waals surface area contributed by atoms with Gasteiger partial charge in [-0.2, -0.15) is 5.26 Å². The lowest BCUT2D eigenvalue weighted by Gasteiger charge is -2.36. The molecule has 1 unspecified atom stereocenters. The van der Waals surface area contributed by atoms with Crippen LogP contribution in [0.1, 0.15) is 46.0 Å². The molecule has 1 aromatic rings. The topological polar surface area (TPSA) is 66.2 Å². The number of esters is 1. The van der Waals surface area contributed by atoms with E-state index < -0.39 is 0 Å². The maximum absolute atomic E-state index is 12.0. The molecule has 148 valence electrons. The molecule has 0 amide bonds. The number of rotatable bonds is 11. The van der Waals surface area contributed by atoms with Crippen molar-refractivity contribution in [2.75, 3.05) is 30.3 Å². The number of carbonyl (C=O) groups excluding carboxylic acids is 1. The molecule has 0 spiro atoms. The lowest BCUT2D eigenvalue weighted by molar-refractivity contribution is -0.144. The number of unbranched alkanes of at least 4 members (excludes halogenated alkanes) is 1. The summed E-state index contributed by atoms with van der Waals surface area (Å²) in [6, 6.07) is 4.11. The summed E-state index contributed by atoms with van der Waals surface area (Å²) >= 11 is 8.01. The average molecular weight is 410 g/mol. The molecule has 2 rings (SSSR count). The Kier molecular flexibility index (Phi) is 9.23. The number of carbonyl (C=O) groups is 1. The first-order chi connectivity index (χ1) is 13.1. The van der Waals surface area contributed by atoms with E-state index in [9.17, 15) is 4.79 Å². The summed E-state index contributed by atoms with van der Waals surface area (Å²) in [5.74, 6) is 1.71. The van der Waals surface area contributed by atoms with Crippen molar-refractivity contribution in [2.45, 2.75) is 50.8 Å². The van der Waals surface area contributed by atoms with Crippen LogP contribution in [0.15, 0.2) is 17.2 Å². The van der Waals surface area contributed by atoms with Gasteiger partial charge in [-0.1, -0.05) is 44.7 Å². The molecule has 1 aromatic heterocycles. The first-order valence-corrected chi connectivity index (χ1v) is 11.0. The SMILES string of the molecule is CCCCC(CC)COC(=O)CCSc1ccnc(N2CC(C#N)C2)c1Cl. The number of halogens is 1. The normalized spacial score (nSPS) is 15.1. The highest BCUT2D eigenvalue weighted by molar-refractivity contribution is 7.99. The number of pyridine rings is 1. The largest absolute Gasteiger partial charge is 0.465 e. The Labute approximate surface area is 171 Å². The van der Waals surface area contributed by atoms with Crippen molar-refractivity contribution < 1.29 is 9.53 Å². The molecule has 5 nitrogen and oxygen atoms in total. The molecule has 0 N–H and O–H groups in total. The van der Waals surface area contributed by atoms with E-state index >= 15 is 0 Å². The van der Waals surface area contributed by atoms with E-state index in [2.05, 4.69) is 24.9 Å². The number of ether oxygens (including phenoxy) is 1. The van der Waals surface area contributed by atoms with Crippen LogP contribution in [0.2, 0.25) is 5.02 Å². The number of nitriles is 1. The molecule has 0 saturated carbocycles. The highest BCUT2D eigenvalue weighted by atomic mass is 35.5. The predicted molar refractivity (Wildman–Crippen MR) is 110 cm³/mol. The fraction of sp³-hybridized carbons (Fsp3) is 0.650. The summed E-state index contributed by atoms with van der Waals surface area (Å²) in [4.78, 5) is 19.2. The van der Waals surface area contributed by atoms with E-state index in [1.54, 1.807) is 6.20 Å². The standard InChI is InChI=1S/C20H28ClN3O2S/c1-3-5-6-15(4-2)14-26-18(25)8-10-27-17-7-9-23-20(19(17)21)24-12-16(11-22)13-24/h7,9,15-16H,3-6,8,10,12-14H2,1-2H3. The summed E-state index contributed by atoms with van der Waals surface area (Å²) in [6.45, 7) is 6.18. The van der Waals surface area contributed by atoms with Crippen LogP contribution in [-0.2, 0) is 9.53 Å². The van der Waals surface area contributed by atoms with E-state index in [1.165, 1.54) is 24.6 Å². The van der Waals surface area contributed by atoms with Crippen LogP contribution in [0.25, 0.3) is 0 Å². The Hall–Kier alpha value is -1.45. The van der Waals surface area contributed by atoms with Crippen LogP contribution >= 0.6 is 23.4 Å². The number of hydrogen-bond donors (Lipinski definition) is 0. The second-order valence-electron chi connectivity index (χ2n) is 6.88. The van der Waals surface area contributed by atoms with Crippen molar-refractivity contribution in [2.24, 2.45) is 11.8 Å². The van der Waals surface area contributed by atoms with Gasteiger partial charge in [0.2, 0.25) is 0 Å². The number of anilines is 1. The molecule has 0 aliphatic carbocycles. The van der Waals surface area contributed by atoms with Gasteiger partial charge in [-0.25, -0.2) is 4.98 Å². The molecule has 0 aromatic carbocycles. The summed E-state index contributed by atoms with van der Waals surface area (Å²) in [5, 5.41) is 9.50. The summed E-state index contributed by atoms with van der Waals surface area (Å²) in [7, 11) is 0. The van der Waals surface area contributed by atoms with Crippen molar-refractivity contribution in [1.82, 2.24) is 4.98 Å². The van der Waals surface area contributed by atoms with Gasteiger partial charge >= 0.3 is 5.97 Å². The average Bonchev–Trinajstić information content (AvgIpc) is 2.63. The highest BCUT2D eigenvalue weighted by Crippen LogP contribution is 2.36. The zero-order valence-electron chi connectivity index (χ0n) is 16.1. The third-order valence-electron chi connectivity index (χ3n) is 4.79. The van der Waals surface area contributed by atoms with Crippen molar-refractivity contribution in [3.8, 4) is 6.07 Å². The minimum absolute atomic E-state index is 0.0539. The quantitative estimate of drug-likeness (QED) is 0.381. The van der Waals surface area contributed by atoms with Gasteiger partial charge in [-0.3, -0.25) is 4.79 Å². The monoisotopic (exact) mass is 409 g/mol. The van der Waals surface area contributed by atoms with Gasteiger partial charge in [0.15, 0.2) is 0 Å². The number of aromatic nitrogens is 1. The molecule has 0 radical (unpaired) electrons. The molecule has 1 saturated heterocycles. The molecule has 0 bridgehead atoms. The Balaban J connectivity index is 1.75. The molecule has 7 heteroatoms. The molecular weight excluding hydrogens is 382 g/mol. The molecule has 1 aliphatic rings. The fourth-order valence-corrected chi connectivity index (χ4v) is 4.16. The zero-order chi connectivity index (χ0) is 19.6. The van der Waals surface area contributed by atoms with Crippen LogP contribution in [0.4, 0.5) is 5.82 Å². The van der Waals surface area contributed by atoms with Gasteiger partial charge in [0.05, 0.1) is 30.0 Å². The van der Waals surface area contributed by atoms with Crippen LogP contribution in [-0.4, -0.2) is 36.4 Å². The molecule has 2 heterocycles. The first-order valence-electron chi connectivity index (χ1n) is 9.66. The lowest BCUT2D eigenvalue weighted by atomic mass is 10.0. The number of nitrogens with zero attached hydrogens (tertiary/aromatic N) is 3. The maximum atomic E-state index is 12.0. The zero-order valence-corrected chi connectivity index (χ0v) is 17.7. The Bertz CT molecular complexity index is 659. The van der Waals surface area contributed by atoms with Gasteiger partial charge in [-0.05, 0) is 18.4 Å². The second-order valence-corrected chi connectivity index (χ2v) is 8.39. The highest BCUT2D eigenvalue weighted by Gasteiger charge is 2.29. The molecule has 1 aliphatic heterocycles. The fourth-order valence-electron chi connectivity index (χ4n) is 2.91. The smallest absolute Gasteiger partial charge is 0.306 e. The van der Waals surface area contributed by atoms with E-state index in [4.69, 9.17) is 21.6 Å². The van der Waals surface area contributed by atoms with Gasteiger partial charge in [0, 0.05) is 29.9 Å². The molecule has 1 atom stereocenters. The van der Waals surface area contributed by atoms with Crippen LogP contribution in [0.5, 0.6) is 0 Å². The van der Waals surface area contributed by atoms with Crippen LogP contribution in [0, 0.1) is 23.2 Å². The van der Waals surface area contributed by atoms with Gasteiger partial charge in [0.1, 0.15) is 5.82 Å². The van der Waals surface area contributed by atoms with Gasteiger partial charge in [-0.15, -0.1) is 11.8 Å². The Morgan fingerprint density at radius 3 is 2.96 bits per heavy atom. The molecule has 1 fully saturated rings.